The largest absolute Gasteiger partial charge is 0.467 e. The number of methoxy groups -OCH3 is 1. The zero-order valence-corrected chi connectivity index (χ0v) is 12.1. The van der Waals surface area contributed by atoms with E-state index in [9.17, 15) is 9.59 Å². The molecule has 1 aliphatic heterocycles. The first-order valence-corrected chi connectivity index (χ1v) is 7.13. The molecule has 0 aromatic rings. The van der Waals surface area contributed by atoms with Crippen LogP contribution >= 0.6 is 0 Å². The van der Waals surface area contributed by atoms with Crippen LogP contribution in [0.15, 0.2) is 0 Å². The van der Waals surface area contributed by atoms with E-state index in [1.54, 1.807) is 18.7 Å². The van der Waals surface area contributed by atoms with Gasteiger partial charge in [0.25, 0.3) is 0 Å². The van der Waals surface area contributed by atoms with E-state index in [-0.39, 0.29) is 18.0 Å². The summed E-state index contributed by atoms with van der Waals surface area (Å²) in [6.07, 6.45) is 6.15. The highest BCUT2D eigenvalue weighted by molar-refractivity contribution is 5.88. The van der Waals surface area contributed by atoms with E-state index < -0.39 is 5.54 Å². The van der Waals surface area contributed by atoms with Crippen LogP contribution in [0.1, 0.15) is 46.0 Å². The Hall–Kier alpha value is -1.26. The fraction of sp³-hybridized carbons (Fsp3) is 0.857. The zero-order valence-electron chi connectivity index (χ0n) is 12.1. The highest BCUT2D eigenvalue weighted by Gasteiger charge is 2.45. The second-order valence-corrected chi connectivity index (χ2v) is 6.12. The Kier molecular flexibility index (Phi) is 4.02. The molecular weight excluding hydrogens is 244 g/mol. The van der Waals surface area contributed by atoms with Crippen LogP contribution in [0.25, 0.3) is 0 Å². The molecular formula is C14H24N2O3. The summed E-state index contributed by atoms with van der Waals surface area (Å²) in [4.78, 5) is 25.5. The van der Waals surface area contributed by atoms with Crippen molar-refractivity contribution in [2.75, 3.05) is 13.7 Å². The number of nitrogens with zero attached hydrogens (tertiary/aromatic N) is 1. The Labute approximate surface area is 114 Å². The van der Waals surface area contributed by atoms with Gasteiger partial charge in [-0.05, 0) is 32.6 Å². The normalized spacial score (nSPS) is 25.3. The van der Waals surface area contributed by atoms with Crippen LogP contribution in [0, 0.1) is 5.92 Å². The van der Waals surface area contributed by atoms with E-state index in [2.05, 4.69) is 5.32 Å². The average Bonchev–Trinajstić information content (AvgIpc) is 2.81. The van der Waals surface area contributed by atoms with Gasteiger partial charge in [-0.15, -0.1) is 0 Å². The molecule has 5 nitrogen and oxygen atoms in total. The van der Waals surface area contributed by atoms with Gasteiger partial charge in [0.2, 0.25) is 0 Å². The third-order valence-electron chi connectivity index (χ3n) is 4.51. The number of ether oxygens (including phenoxy) is 1. The molecule has 5 heteroatoms. The van der Waals surface area contributed by atoms with E-state index >= 15 is 0 Å². The van der Waals surface area contributed by atoms with Crippen LogP contribution < -0.4 is 5.32 Å². The van der Waals surface area contributed by atoms with Crippen molar-refractivity contribution in [1.82, 2.24) is 10.2 Å². The Morgan fingerprint density at radius 2 is 1.95 bits per heavy atom. The van der Waals surface area contributed by atoms with Crippen LogP contribution in [0.4, 0.5) is 4.79 Å². The number of urea groups is 1. The summed E-state index contributed by atoms with van der Waals surface area (Å²) in [5.74, 6) is 0.183. The second kappa shape index (κ2) is 5.39. The van der Waals surface area contributed by atoms with E-state index in [1.165, 1.54) is 39.2 Å². The van der Waals surface area contributed by atoms with Crippen molar-refractivity contribution in [2.45, 2.75) is 57.5 Å². The molecule has 0 radical (unpaired) electrons. The summed E-state index contributed by atoms with van der Waals surface area (Å²) < 4.78 is 4.80. The van der Waals surface area contributed by atoms with Gasteiger partial charge in [0.05, 0.1) is 13.2 Å². The molecule has 0 aromatic heterocycles. The molecule has 1 saturated carbocycles. The van der Waals surface area contributed by atoms with Gasteiger partial charge in [-0.1, -0.05) is 19.3 Å². The third-order valence-corrected chi connectivity index (χ3v) is 4.51. The molecule has 1 saturated heterocycles. The van der Waals surface area contributed by atoms with Gasteiger partial charge in [-0.3, -0.25) is 0 Å². The van der Waals surface area contributed by atoms with Crippen LogP contribution in [0.3, 0.4) is 0 Å². The van der Waals surface area contributed by atoms with Crippen molar-refractivity contribution in [1.29, 1.82) is 0 Å². The van der Waals surface area contributed by atoms with Gasteiger partial charge < -0.3 is 15.0 Å². The number of hydrogen-bond donors (Lipinski definition) is 1. The van der Waals surface area contributed by atoms with Crippen LogP contribution in [-0.2, 0) is 9.53 Å². The van der Waals surface area contributed by atoms with Crippen molar-refractivity contribution in [3.05, 3.63) is 0 Å². The molecule has 1 atom stereocenters. The van der Waals surface area contributed by atoms with Crippen molar-refractivity contribution < 1.29 is 14.3 Å². The smallest absolute Gasteiger partial charge is 0.331 e. The minimum absolute atomic E-state index is 0.147. The Morgan fingerprint density at radius 3 is 2.53 bits per heavy atom. The summed E-state index contributed by atoms with van der Waals surface area (Å²) in [5.41, 5.74) is -0.901. The minimum Gasteiger partial charge on any atom is -0.467 e. The van der Waals surface area contributed by atoms with Crippen LogP contribution in [0.2, 0.25) is 0 Å². The number of carbonyl (C=O) groups excluding carboxylic acids is 2. The quantitative estimate of drug-likeness (QED) is 0.795. The number of hydrogen-bond acceptors (Lipinski definition) is 3. The Balaban J connectivity index is 2.04. The summed E-state index contributed by atoms with van der Waals surface area (Å²) in [7, 11) is 1.36. The molecule has 2 fully saturated rings. The molecule has 2 amide bonds. The molecule has 1 unspecified atom stereocenters. The second-order valence-electron chi connectivity index (χ2n) is 6.12. The minimum atomic E-state index is -0.901. The fourth-order valence-corrected chi connectivity index (χ4v) is 3.21. The van der Waals surface area contributed by atoms with Gasteiger partial charge in [0.1, 0.15) is 5.54 Å². The molecule has 1 aliphatic carbocycles. The molecule has 1 N–H and O–H groups in total. The van der Waals surface area contributed by atoms with Crippen molar-refractivity contribution in [2.24, 2.45) is 5.92 Å². The Morgan fingerprint density at radius 1 is 1.32 bits per heavy atom. The van der Waals surface area contributed by atoms with Crippen LogP contribution in [-0.4, -0.2) is 42.1 Å². The highest BCUT2D eigenvalue weighted by atomic mass is 16.5. The van der Waals surface area contributed by atoms with Gasteiger partial charge in [0.15, 0.2) is 0 Å². The molecule has 108 valence electrons. The van der Waals surface area contributed by atoms with Gasteiger partial charge in [-0.2, -0.15) is 0 Å². The summed E-state index contributed by atoms with van der Waals surface area (Å²) in [6.45, 7) is 4.08. The first kappa shape index (κ1) is 14.2. The summed E-state index contributed by atoms with van der Waals surface area (Å²) >= 11 is 0. The maximum absolute atomic E-state index is 12.1. The zero-order chi connectivity index (χ0) is 14.0. The molecule has 0 spiro atoms. The molecule has 2 aliphatic rings. The van der Waals surface area contributed by atoms with E-state index in [1.807, 2.05) is 0 Å². The first-order chi connectivity index (χ1) is 8.96. The lowest BCUT2D eigenvalue weighted by Gasteiger charge is -2.32. The molecule has 2 rings (SSSR count). The Bertz CT molecular complexity index is 362. The van der Waals surface area contributed by atoms with Crippen molar-refractivity contribution in [3.8, 4) is 0 Å². The lowest BCUT2D eigenvalue weighted by atomic mass is 9.84. The maximum atomic E-state index is 12.1. The van der Waals surface area contributed by atoms with Crippen molar-refractivity contribution in [3.63, 3.8) is 0 Å². The lowest BCUT2D eigenvalue weighted by Crippen LogP contribution is -2.52. The predicted molar refractivity (Wildman–Crippen MR) is 71.7 cm³/mol. The van der Waals surface area contributed by atoms with Gasteiger partial charge in [0, 0.05) is 6.54 Å². The number of esters is 1. The first-order valence-electron chi connectivity index (χ1n) is 7.13. The number of rotatable bonds is 3. The molecule has 0 bridgehead atoms. The monoisotopic (exact) mass is 268 g/mol. The standard InChI is InChI=1S/C14H24N2O3/c1-14(2,12(17)19-3)16-9-11(15-13(16)18)10-7-5-4-6-8-10/h10-11H,4-9H2,1-3H3,(H,15,18). The topological polar surface area (TPSA) is 58.6 Å². The molecule has 19 heavy (non-hydrogen) atoms. The highest BCUT2D eigenvalue weighted by Crippen LogP contribution is 2.31. The van der Waals surface area contributed by atoms with Crippen molar-refractivity contribution >= 4 is 12.0 Å². The number of amides is 2. The van der Waals surface area contributed by atoms with E-state index in [0.717, 1.165) is 0 Å². The number of carbonyl (C=O) groups is 2. The summed E-state index contributed by atoms with van der Waals surface area (Å²) in [6, 6.07) is 0.0303. The van der Waals surface area contributed by atoms with E-state index in [0.29, 0.717) is 12.5 Å². The van der Waals surface area contributed by atoms with Crippen LogP contribution in [0.5, 0.6) is 0 Å². The van der Waals surface area contributed by atoms with Gasteiger partial charge in [-0.25, -0.2) is 9.59 Å². The fourth-order valence-electron chi connectivity index (χ4n) is 3.21. The van der Waals surface area contributed by atoms with E-state index in [4.69, 9.17) is 4.74 Å². The SMILES string of the molecule is COC(=O)C(C)(C)N1CC(C2CCCCC2)NC1=O. The predicted octanol–water partition coefficient (Wildman–Crippen LogP) is 1.91. The summed E-state index contributed by atoms with van der Waals surface area (Å²) in [5, 5.41) is 3.04. The third kappa shape index (κ3) is 2.69. The average molecular weight is 268 g/mol. The number of nitrogens with one attached hydrogen (secondary N) is 1. The lowest BCUT2D eigenvalue weighted by molar-refractivity contribution is -0.151. The maximum Gasteiger partial charge on any atom is 0.331 e. The van der Waals surface area contributed by atoms with Gasteiger partial charge >= 0.3 is 12.0 Å². The molecule has 1 heterocycles. The molecule has 0 aromatic carbocycles.